The number of hydrogen-bond donors (Lipinski definition) is 2. The Kier molecular flexibility index (Phi) is 15.8. The molecule has 0 aromatic carbocycles. The Labute approximate surface area is 128 Å². The average Bonchev–Trinajstić information content (AvgIpc) is 2.46. The van der Waals surface area contributed by atoms with Gasteiger partial charge in [-0.3, -0.25) is 4.99 Å². The highest BCUT2D eigenvalue weighted by Crippen LogP contribution is 1.97. The zero-order chi connectivity index (χ0) is 14.9. The molecule has 0 atom stereocenters. The monoisotopic (exact) mass is 301 g/mol. The molecule has 0 rings (SSSR count). The molecule has 0 saturated carbocycles. The second-order valence-electron chi connectivity index (χ2n) is 4.37. The van der Waals surface area contributed by atoms with Gasteiger partial charge in [0.1, 0.15) is 0 Å². The first kappa shape index (κ1) is 19.3. The first-order valence-corrected chi connectivity index (χ1v) is 8.79. The number of nitrogens with one attached hydrogen (secondary N) is 2. The van der Waals surface area contributed by atoms with E-state index in [1.54, 1.807) is 0 Å². The molecule has 0 spiro atoms. The highest BCUT2D eigenvalue weighted by Gasteiger charge is 1.96. The van der Waals surface area contributed by atoms with Gasteiger partial charge in [-0.25, -0.2) is 0 Å². The minimum Gasteiger partial charge on any atom is -0.381 e. The number of aliphatic imine (C=N–C) groups is 1. The molecule has 0 unspecified atom stereocenters. The van der Waals surface area contributed by atoms with Gasteiger partial charge in [-0.05, 0) is 19.8 Å². The van der Waals surface area contributed by atoms with Gasteiger partial charge >= 0.3 is 0 Å². The smallest absolute Gasteiger partial charge is 0.191 e. The minimum atomic E-state index is 0.804. The number of ether oxygens (including phenoxy) is 1. The molecule has 4 nitrogen and oxygen atoms in total. The molecule has 0 aromatic heterocycles. The van der Waals surface area contributed by atoms with E-state index in [-0.39, 0.29) is 0 Å². The first-order chi connectivity index (χ1) is 9.85. The lowest BCUT2D eigenvalue weighted by Gasteiger charge is -2.10. The number of guanidine groups is 1. The molecule has 0 aliphatic rings. The van der Waals surface area contributed by atoms with Crippen LogP contribution in [-0.2, 0) is 4.74 Å². The van der Waals surface area contributed by atoms with Crippen LogP contribution in [0.15, 0.2) is 17.6 Å². The Hall–Kier alpha value is -0.680. The van der Waals surface area contributed by atoms with E-state index < -0.39 is 0 Å². The lowest BCUT2D eigenvalue weighted by atomic mass is 10.4. The number of unbranched alkanes of at least 4 members (excludes halogenated alkanes) is 1. The van der Waals surface area contributed by atoms with E-state index in [4.69, 9.17) is 4.74 Å². The maximum atomic E-state index is 5.52. The third-order valence-electron chi connectivity index (χ3n) is 2.48. The summed E-state index contributed by atoms with van der Waals surface area (Å²) in [6, 6.07) is 0. The van der Waals surface area contributed by atoms with Crippen LogP contribution < -0.4 is 10.6 Å². The number of thioether (sulfide) groups is 1. The predicted octanol–water partition coefficient (Wildman–Crippen LogP) is 2.67. The van der Waals surface area contributed by atoms with Crippen LogP contribution in [0.1, 0.15) is 33.1 Å². The summed E-state index contributed by atoms with van der Waals surface area (Å²) in [6.07, 6.45) is 5.25. The maximum Gasteiger partial charge on any atom is 0.191 e. The summed E-state index contributed by atoms with van der Waals surface area (Å²) < 4.78 is 5.52. The van der Waals surface area contributed by atoms with Crippen LogP contribution in [0.25, 0.3) is 0 Å². The fourth-order valence-electron chi connectivity index (χ4n) is 1.46. The fraction of sp³-hybridized carbons (Fsp3) is 0.800. The van der Waals surface area contributed by atoms with Crippen LogP contribution in [0, 0.1) is 0 Å². The van der Waals surface area contributed by atoms with Crippen molar-refractivity contribution in [3.05, 3.63) is 12.7 Å². The summed E-state index contributed by atoms with van der Waals surface area (Å²) >= 11 is 1.87. The molecule has 20 heavy (non-hydrogen) atoms. The Bertz CT molecular complexity index is 247. The second kappa shape index (κ2) is 16.4. The topological polar surface area (TPSA) is 45.7 Å². The van der Waals surface area contributed by atoms with Crippen molar-refractivity contribution in [1.29, 1.82) is 0 Å². The molecule has 0 radical (unpaired) electrons. The van der Waals surface area contributed by atoms with Gasteiger partial charge in [0.2, 0.25) is 0 Å². The van der Waals surface area contributed by atoms with Crippen molar-refractivity contribution in [2.45, 2.75) is 33.1 Å². The van der Waals surface area contributed by atoms with E-state index in [2.05, 4.69) is 36.1 Å². The summed E-state index contributed by atoms with van der Waals surface area (Å²) in [5.41, 5.74) is 0. The number of rotatable bonds is 13. The zero-order valence-electron chi connectivity index (χ0n) is 13.1. The Morgan fingerprint density at radius 2 is 2.05 bits per heavy atom. The van der Waals surface area contributed by atoms with Gasteiger partial charge in [0.05, 0.1) is 0 Å². The molecular formula is C15H31N3OS. The predicted molar refractivity (Wildman–Crippen MR) is 91.8 cm³/mol. The largest absolute Gasteiger partial charge is 0.381 e. The van der Waals surface area contributed by atoms with Crippen LogP contribution in [0.4, 0.5) is 0 Å². The van der Waals surface area contributed by atoms with Crippen LogP contribution >= 0.6 is 11.8 Å². The van der Waals surface area contributed by atoms with Crippen molar-refractivity contribution in [3.8, 4) is 0 Å². The zero-order valence-corrected chi connectivity index (χ0v) is 13.9. The Morgan fingerprint density at radius 1 is 1.25 bits per heavy atom. The molecule has 0 amide bonds. The van der Waals surface area contributed by atoms with Crippen molar-refractivity contribution in [3.63, 3.8) is 0 Å². The van der Waals surface area contributed by atoms with Crippen LogP contribution in [0.2, 0.25) is 0 Å². The Balaban J connectivity index is 3.64. The van der Waals surface area contributed by atoms with Crippen molar-refractivity contribution in [2.24, 2.45) is 4.99 Å². The number of hydrogen-bond acceptors (Lipinski definition) is 3. The van der Waals surface area contributed by atoms with Gasteiger partial charge in [-0.15, -0.1) is 6.58 Å². The van der Waals surface area contributed by atoms with Crippen molar-refractivity contribution in [1.82, 2.24) is 10.6 Å². The van der Waals surface area contributed by atoms with Gasteiger partial charge in [0.25, 0.3) is 0 Å². The van der Waals surface area contributed by atoms with Gasteiger partial charge < -0.3 is 15.4 Å². The lowest BCUT2D eigenvalue weighted by molar-refractivity contribution is 0.130. The average molecular weight is 301 g/mol. The molecule has 118 valence electrons. The maximum absolute atomic E-state index is 5.52. The standard InChI is InChI=1S/C15H31N3OS/c1-4-7-11-19-12-8-9-17-15(16-6-3)18-10-14-20-13-5-2/h5H,2,4,6-14H2,1,3H3,(H2,16,17,18). The molecular weight excluding hydrogens is 270 g/mol. The van der Waals surface area contributed by atoms with Gasteiger partial charge in [0.15, 0.2) is 5.96 Å². The molecule has 0 saturated heterocycles. The van der Waals surface area contributed by atoms with Crippen LogP contribution in [0.5, 0.6) is 0 Å². The summed E-state index contributed by atoms with van der Waals surface area (Å²) in [5.74, 6) is 2.97. The third kappa shape index (κ3) is 13.7. The third-order valence-corrected chi connectivity index (χ3v) is 3.44. The summed E-state index contributed by atoms with van der Waals surface area (Å²) in [6.45, 7) is 12.3. The van der Waals surface area contributed by atoms with E-state index in [1.165, 1.54) is 6.42 Å². The second-order valence-corrected chi connectivity index (χ2v) is 5.52. The van der Waals surface area contributed by atoms with E-state index >= 15 is 0 Å². The van der Waals surface area contributed by atoms with Crippen molar-refractivity contribution in [2.75, 3.05) is 44.4 Å². The minimum absolute atomic E-state index is 0.804. The van der Waals surface area contributed by atoms with Gasteiger partial charge in [-0.1, -0.05) is 19.4 Å². The van der Waals surface area contributed by atoms with Gasteiger partial charge in [0, 0.05) is 44.4 Å². The van der Waals surface area contributed by atoms with Crippen molar-refractivity contribution >= 4 is 17.7 Å². The summed E-state index contributed by atoms with van der Waals surface area (Å²) in [4.78, 5) is 4.53. The van der Waals surface area contributed by atoms with Crippen LogP contribution in [0.3, 0.4) is 0 Å². The quantitative estimate of drug-likeness (QED) is 0.238. The summed E-state index contributed by atoms with van der Waals surface area (Å²) in [7, 11) is 0. The fourth-order valence-corrected chi connectivity index (χ4v) is 2.04. The highest BCUT2D eigenvalue weighted by molar-refractivity contribution is 7.99. The Morgan fingerprint density at radius 3 is 2.75 bits per heavy atom. The molecule has 2 N–H and O–H groups in total. The SMILES string of the molecule is C=CCSCCNC(=NCCCOCCCC)NCC. The molecule has 0 heterocycles. The number of nitrogens with zero attached hydrogens (tertiary/aromatic N) is 1. The summed E-state index contributed by atoms with van der Waals surface area (Å²) in [5, 5.41) is 6.59. The van der Waals surface area contributed by atoms with Crippen LogP contribution in [-0.4, -0.2) is 50.3 Å². The first-order valence-electron chi connectivity index (χ1n) is 7.63. The molecule has 0 fully saturated rings. The van der Waals surface area contributed by atoms with Crippen molar-refractivity contribution < 1.29 is 4.74 Å². The molecule has 0 aromatic rings. The molecule has 0 aliphatic heterocycles. The van der Waals surface area contributed by atoms with Gasteiger partial charge in [-0.2, -0.15) is 11.8 Å². The molecule has 0 aliphatic carbocycles. The lowest BCUT2D eigenvalue weighted by Crippen LogP contribution is -2.38. The van der Waals surface area contributed by atoms with E-state index in [9.17, 15) is 0 Å². The molecule has 5 heteroatoms. The van der Waals surface area contributed by atoms with E-state index in [1.807, 2.05) is 17.8 Å². The molecule has 0 bridgehead atoms. The normalized spacial score (nSPS) is 11.4. The van der Waals surface area contributed by atoms with E-state index in [0.29, 0.717) is 0 Å². The van der Waals surface area contributed by atoms with E-state index in [0.717, 1.165) is 63.2 Å². The highest BCUT2D eigenvalue weighted by atomic mass is 32.2.